The summed E-state index contributed by atoms with van der Waals surface area (Å²) in [5.74, 6) is 0.257. The maximum atomic E-state index is 12.0. The summed E-state index contributed by atoms with van der Waals surface area (Å²) in [6.45, 7) is 1.94. The molecule has 0 aliphatic carbocycles. The third-order valence-corrected chi connectivity index (χ3v) is 3.27. The highest BCUT2D eigenvalue weighted by Crippen LogP contribution is 2.27. The van der Waals surface area contributed by atoms with E-state index in [2.05, 4.69) is 10.3 Å². The molecule has 0 bridgehead atoms. The fourth-order valence-electron chi connectivity index (χ4n) is 1.62. The van der Waals surface area contributed by atoms with Gasteiger partial charge in [0, 0.05) is 0 Å². The fourth-order valence-corrected chi connectivity index (χ4v) is 1.93. The minimum Gasteiger partial charge on any atom is -0.495 e. The highest BCUT2D eigenvalue weighted by Gasteiger charge is 2.13. The molecule has 0 aliphatic heterocycles. The number of hydrogen-bond acceptors (Lipinski definition) is 2. The topological polar surface area (TPSA) is 54.1 Å². The van der Waals surface area contributed by atoms with E-state index in [0.29, 0.717) is 16.5 Å². The van der Waals surface area contributed by atoms with Gasteiger partial charge in [-0.1, -0.05) is 29.3 Å². The molecule has 4 nitrogen and oxygen atoms in total. The number of carbonyl (C=O) groups is 1. The highest BCUT2D eigenvalue weighted by molar-refractivity contribution is 6.41. The average Bonchev–Trinajstić information content (AvgIpc) is 2.72. The molecule has 2 rings (SSSR count). The van der Waals surface area contributed by atoms with Crippen molar-refractivity contribution in [3.8, 4) is 5.75 Å². The summed E-state index contributed by atoms with van der Waals surface area (Å²) < 4.78 is 5.21. The van der Waals surface area contributed by atoms with E-state index in [9.17, 15) is 4.79 Å². The second-order valence-corrected chi connectivity index (χ2v) is 4.79. The Bertz CT molecular complexity index is 604. The molecule has 0 unspecified atom stereocenters. The van der Waals surface area contributed by atoms with E-state index >= 15 is 0 Å². The number of ether oxygens (including phenoxy) is 1. The Labute approximate surface area is 120 Å². The minimum absolute atomic E-state index is 0.239. The van der Waals surface area contributed by atoms with Gasteiger partial charge >= 0.3 is 0 Å². The number of benzene rings is 1. The zero-order valence-electron chi connectivity index (χ0n) is 10.4. The van der Waals surface area contributed by atoms with Crippen molar-refractivity contribution in [3.63, 3.8) is 0 Å². The standard InChI is InChI=1S/C13H12Cl2N2O2/c1-7-3-4-9(11(5-7)19-2)17-13(18)10-6-8(14)12(15)16-10/h3-6,16H,1-2H3,(H,17,18). The van der Waals surface area contributed by atoms with E-state index in [1.807, 2.05) is 19.1 Å². The van der Waals surface area contributed by atoms with Crippen LogP contribution in [0.4, 0.5) is 5.69 Å². The van der Waals surface area contributed by atoms with Gasteiger partial charge in [-0.3, -0.25) is 4.79 Å². The Kier molecular flexibility index (Phi) is 4.02. The molecule has 19 heavy (non-hydrogen) atoms. The first-order chi connectivity index (χ1) is 9.01. The number of nitrogens with one attached hydrogen (secondary N) is 2. The van der Waals surface area contributed by atoms with Gasteiger partial charge in [-0.25, -0.2) is 0 Å². The van der Waals surface area contributed by atoms with Crippen molar-refractivity contribution in [3.05, 3.63) is 45.7 Å². The number of hydrogen-bond donors (Lipinski definition) is 2. The van der Waals surface area contributed by atoms with Crippen molar-refractivity contribution in [1.82, 2.24) is 4.98 Å². The molecule has 1 aromatic carbocycles. The van der Waals surface area contributed by atoms with Gasteiger partial charge in [0.1, 0.15) is 16.6 Å². The minimum atomic E-state index is -0.337. The normalized spacial score (nSPS) is 10.3. The zero-order chi connectivity index (χ0) is 14.0. The highest BCUT2D eigenvalue weighted by atomic mass is 35.5. The zero-order valence-corrected chi connectivity index (χ0v) is 11.9. The summed E-state index contributed by atoms with van der Waals surface area (Å²) >= 11 is 11.6. The number of amides is 1. The number of aromatic nitrogens is 1. The van der Waals surface area contributed by atoms with Crippen molar-refractivity contribution in [2.75, 3.05) is 12.4 Å². The number of anilines is 1. The first-order valence-corrected chi connectivity index (χ1v) is 6.27. The predicted molar refractivity (Wildman–Crippen MR) is 76.5 cm³/mol. The van der Waals surface area contributed by atoms with Gasteiger partial charge in [-0.2, -0.15) is 0 Å². The summed E-state index contributed by atoms with van der Waals surface area (Å²) in [7, 11) is 1.55. The van der Waals surface area contributed by atoms with Crippen molar-refractivity contribution in [2.45, 2.75) is 6.92 Å². The summed E-state index contributed by atoms with van der Waals surface area (Å²) in [6, 6.07) is 6.97. The quantitative estimate of drug-likeness (QED) is 0.903. The van der Waals surface area contributed by atoms with Gasteiger partial charge in [-0.05, 0) is 30.7 Å². The molecule has 1 aromatic heterocycles. The largest absolute Gasteiger partial charge is 0.495 e. The molecule has 1 amide bonds. The maximum Gasteiger partial charge on any atom is 0.272 e. The van der Waals surface area contributed by atoms with Crippen LogP contribution in [-0.2, 0) is 0 Å². The number of halogens is 2. The first kappa shape index (κ1) is 13.8. The lowest BCUT2D eigenvalue weighted by Gasteiger charge is -2.10. The molecule has 0 radical (unpaired) electrons. The van der Waals surface area contributed by atoms with E-state index in [1.165, 1.54) is 6.07 Å². The summed E-state index contributed by atoms with van der Waals surface area (Å²) in [5.41, 5.74) is 1.92. The van der Waals surface area contributed by atoms with Crippen LogP contribution in [0.3, 0.4) is 0 Å². The van der Waals surface area contributed by atoms with Crippen molar-refractivity contribution in [1.29, 1.82) is 0 Å². The van der Waals surface area contributed by atoms with Gasteiger partial charge in [0.05, 0.1) is 17.8 Å². The lowest BCUT2D eigenvalue weighted by molar-refractivity contribution is 0.102. The molecule has 0 saturated heterocycles. The Balaban J connectivity index is 2.23. The van der Waals surface area contributed by atoms with E-state index in [0.717, 1.165) is 5.56 Å². The summed E-state index contributed by atoms with van der Waals surface area (Å²) in [6.07, 6.45) is 0. The van der Waals surface area contributed by atoms with Gasteiger partial charge in [0.25, 0.3) is 5.91 Å². The Hall–Kier alpha value is -1.65. The van der Waals surface area contributed by atoms with Crippen LogP contribution < -0.4 is 10.1 Å². The fraction of sp³-hybridized carbons (Fsp3) is 0.154. The molecule has 0 saturated carbocycles. The Morgan fingerprint density at radius 1 is 1.32 bits per heavy atom. The van der Waals surface area contributed by atoms with Crippen LogP contribution in [-0.4, -0.2) is 18.0 Å². The Morgan fingerprint density at radius 3 is 2.63 bits per heavy atom. The smallest absolute Gasteiger partial charge is 0.272 e. The summed E-state index contributed by atoms with van der Waals surface area (Å²) in [5, 5.41) is 3.28. The average molecular weight is 299 g/mol. The van der Waals surface area contributed by atoms with E-state index in [1.54, 1.807) is 13.2 Å². The SMILES string of the molecule is COc1cc(C)ccc1NC(=O)c1cc(Cl)c(Cl)[nH]1. The van der Waals surface area contributed by atoms with Gasteiger partial charge in [0.2, 0.25) is 0 Å². The Morgan fingerprint density at radius 2 is 2.05 bits per heavy atom. The molecule has 100 valence electrons. The number of aryl methyl sites for hydroxylation is 1. The monoisotopic (exact) mass is 298 g/mol. The van der Waals surface area contributed by atoms with E-state index in [4.69, 9.17) is 27.9 Å². The molecule has 0 spiro atoms. The number of aromatic amines is 1. The van der Waals surface area contributed by atoms with Crippen LogP contribution in [0.1, 0.15) is 16.1 Å². The lowest BCUT2D eigenvalue weighted by Crippen LogP contribution is -2.13. The first-order valence-electron chi connectivity index (χ1n) is 5.51. The molecule has 2 N–H and O–H groups in total. The maximum absolute atomic E-state index is 12.0. The number of methoxy groups -OCH3 is 1. The molecule has 0 fully saturated rings. The van der Waals surface area contributed by atoms with Crippen LogP contribution in [0, 0.1) is 6.92 Å². The predicted octanol–water partition coefficient (Wildman–Crippen LogP) is 3.89. The molecule has 1 heterocycles. The molecular formula is C13H12Cl2N2O2. The van der Waals surface area contributed by atoms with E-state index < -0.39 is 0 Å². The lowest BCUT2D eigenvalue weighted by atomic mass is 10.2. The molecule has 6 heteroatoms. The molecule has 0 aliphatic rings. The van der Waals surface area contributed by atoms with Crippen LogP contribution in [0.25, 0.3) is 0 Å². The van der Waals surface area contributed by atoms with Gasteiger partial charge in [0.15, 0.2) is 0 Å². The van der Waals surface area contributed by atoms with Crippen LogP contribution >= 0.6 is 23.2 Å². The molecular weight excluding hydrogens is 287 g/mol. The third-order valence-electron chi connectivity index (χ3n) is 2.58. The van der Waals surface area contributed by atoms with Crippen molar-refractivity contribution < 1.29 is 9.53 Å². The number of rotatable bonds is 3. The van der Waals surface area contributed by atoms with Crippen molar-refractivity contribution >= 4 is 34.8 Å². The molecule has 2 aromatic rings. The van der Waals surface area contributed by atoms with Crippen LogP contribution in [0.15, 0.2) is 24.3 Å². The van der Waals surface area contributed by atoms with Gasteiger partial charge in [-0.15, -0.1) is 0 Å². The number of H-pyrrole nitrogens is 1. The molecule has 0 atom stereocenters. The van der Waals surface area contributed by atoms with E-state index in [-0.39, 0.29) is 16.8 Å². The van der Waals surface area contributed by atoms with Crippen molar-refractivity contribution in [2.24, 2.45) is 0 Å². The van der Waals surface area contributed by atoms with Crippen LogP contribution in [0.2, 0.25) is 10.2 Å². The number of carbonyl (C=O) groups excluding carboxylic acids is 1. The van der Waals surface area contributed by atoms with Crippen LogP contribution in [0.5, 0.6) is 5.75 Å². The van der Waals surface area contributed by atoms with Gasteiger partial charge < -0.3 is 15.0 Å². The second-order valence-electron chi connectivity index (χ2n) is 4.00. The summed E-state index contributed by atoms with van der Waals surface area (Å²) in [4.78, 5) is 14.7. The second kappa shape index (κ2) is 5.55. The third kappa shape index (κ3) is 3.03.